The molecule has 0 saturated carbocycles. The number of thiazole rings is 1. The van der Waals surface area contributed by atoms with Gasteiger partial charge in [0.15, 0.2) is 5.13 Å². The van der Waals surface area contributed by atoms with Gasteiger partial charge in [-0.3, -0.25) is 14.5 Å². The molecule has 0 radical (unpaired) electrons. The highest BCUT2D eigenvalue weighted by Gasteiger charge is 2.31. The number of amides is 2. The van der Waals surface area contributed by atoms with Crippen molar-refractivity contribution in [1.82, 2.24) is 9.88 Å². The number of piperazine rings is 1. The van der Waals surface area contributed by atoms with Crippen molar-refractivity contribution in [2.24, 2.45) is 0 Å². The van der Waals surface area contributed by atoms with Crippen LogP contribution >= 0.6 is 22.9 Å². The molecule has 0 atom stereocenters. The molecular formula is C21H25ClN4O2S. The Balaban J connectivity index is 1.49. The molecule has 6 nitrogen and oxygen atoms in total. The van der Waals surface area contributed by atoms with E-state index in [0.717, 1.165) is 35.9 Å². The van der Waals surface area contributed by atoms with Crippen LogP contribution in [0.1, 0.15) is 48.0 Å². The summed E-state index contributed by atoms with van der Waals surface area (Å²) in [7, 11) is 0. The molecule has 154 valence electrons. The van der Waals surface area contributed by atoms with E-state index in [0.29, 0.717) is 36.1 Å². The van der Waals surface area contributed by atoms with Gasteiger partial charge in [0.2, 0.25) is 5.91 Å². The molecule has 0 aliphatic carbocycles. The number of anilines is 2. The summed E-state index contributed by atoms with van der Waals surface area (Å²) in [5, 5.41) is 1.38. The molecule has 1 aromatic carbocycles. The van der Waals surface area contributed by atoms with Gasteiger partial charge in [-0.05, 0) is 30.5 Å². The molecule has 0 N–H and O–H groups in total. The van der Waals surface area contributed by atoms with Gasteiger partial charge >= 0.3 is 0 Å². The molecule has 4 rings (SSSR count). The third-order valence-electron chi connectivity index (χ3n) is 5.43. The Morgan fingerprint density at radius 2 is 1.93 bits per heavy atom. The van der Waals surface area contributed by atoms with Gasteiger partial charge in [-0.2, -0.15) is 0 Å². The highest BCUT2D eigenvalue weighted by Crippen LogP contribution is 2.34. The van der Waals surface area contributed by atoms with E-state index < -0.39 is 0 Å². The quantitative estimate of drug-likeness (QED) is 0.732. The highest BCUT2D eigenvalue weighted by molar-refractivity contribution is 7.17. The lowest BCUT2D eigenvalue weighted by molar-refractivity contribution is -0.117. The van der Waals surface area contributed by atoms with E-state index in [1.807, 2.05) is 43.0 Å². The maximum atomic E-state index is 13.3. The summed E-state index contributed by atoms with van der Waals surface area (Å²) in [4.78, 5) is 36.6. The number of carbonyl (C=O) groups excluding carboxylic acids is 2. The van der Waals surface area contributed by atoms with E-state index >= 15 is 0 Å². The Morgan fingerprint density at radius 3 is 2.55 bits per heavy atom. The molecule has 3 heterocycles. The van der Waals surface area contributed by atoms with Crippen LogP contribution in [-0.2, 0) is 4.79 Å². The zero-order valence-electron chi connectivity index (χ0n) is 16.7. The van der Waals surface area contributed by atoms with E-state index in [-0.39, 0.29) is 17.7 Å². The monoisotopic (exact) mass is 432 g/mol. The van der Waals surface area contributed by atoms with E-state index in [2.05, 4.69) is 9.88 Å². The van der Waals surface area contributed by atoms with Gasteiger partial charge < -0.3 is 9.80 Å². The molecule has 1 aromatic heterocycles. The fraction of sp³-hybridized carbons (Fsp3) is 0.476. The number of halogens is 1. The second-order valence-electron chi connectivity index (χ2n) is 7.77. The minimum Gasteiger partial charge on any atom is -0.368 e. The lowest BCUT2D eigenvalue weighted by Crippen LogP contribution is -2.48. The van der Waals surface area contributed by atoms with Crippen molar-refractivity contribution in [2.75, 3.05) is 42.5 Å². The highest BCUT2D eigenvalue weighted by atomic mass is 35.5. The van der Waals surface area contributed by atoms with Crippen molar-refractivity contribution in [3.8, 4) is 0 Å². The maximum absolute atomic E-state index is 13.3. The maximum Gasteiger partial charge on any atom is 0.266 e. The Hall–Kier alpha value is -2.12. The SMILES string of the molecule is CC(C)c1nc(N2CCCC2=O)sc1C(=O)N1CCN(c2cccc(Cl)c2)CC1. The summed E-state index contributed by atoms with van der Waals surface area (Å²) < 4.78 is 0. The Labute approximate surface area is 180 Å². The second kappa shape index (κ2) is 8.32. The van der Waals surface area contributed by atoms with Crippen molar-refractivity contribution in [3.05, 3.63) is 39.9 Å². The number of rotatable bonds is 4. The molecule has 2 amide bonds. The molecule has 2 saturated heterocycles. The zero-order chi connectivity index (χ0) is 20.5. The van der Waals surface area contributed by atoms with Crippen LogP contribution in [0, 0.1) is 0 Å². The van der Waals surface area contributed by atoms with Crippen LogP contribution in [0.5, 0.6) is 0 Å². The molecule has 0 bridgehead atoms. The Bertz CT molecular complexity index is 921. The third-order valence-corrected chi connectivity index (χ3v) is 6.74. The van der Waals surface area contributed by atoms with Crippen molar-refractivity contribution in [2.45, 2.75) is 32.6 Å². The molecule has 29 heavy (non-hydrogen) atoms. The third kappa shape index (κ3) is 4.12. The van der Waals surface area contributed by atoms with Gasteiger partial charge in [0.1, 0.15) is 4.88 Å². The summed E-state index contributed by atoms with van der Waals surface area (Å²) in [6, 6.07) is 7.81. The summed E-state index contributed by atoms with van der Waals surface area (Å²) in [5.41, 5.74) is 1.88. The summed E-state index contributed by atoms with van der Waals surface area (Å²) in [5.74, 6) is 0.252. The predicted molar refractivity (Wildman–Crippen MR) is 117 cm³/mol. The van der Waals surface area contributed by atoms with Gasteiger partial charge in [-0.1, -0.05) is 42.9 Å². The second-order valence-corrected chi connectivity index (χ2v) is 9.19. The lowest BCUT2D eigenvalue weighted by Gasteiger charge is -2.36. The minimum atomic E-state index is 0.0230. The number of carbonyl (C=O) groups is 2. The van der Waals surface area contributed by atoms with Crippen molar-refractivity contribution >= 4 is 45.6 Å². The van der Waals surface area contributed by atoms with E-state index in [4.69, 9.17) is 11.6 Å². The first-order valence-corrected chi connectivity index (χ1v) is 11.2. The standard InChI is InChI=1S/C21H25ClN4O2S/c1-14(2)18-19(29-21(23-18)26-8-4-7-17(26)27)20(28)25-11-9-24(10-12-25)16-6-3-5-15(22)13-16/h3,5-6,13-14H,4,7-12H2,1-2H3. The van der Waals surface area contributed by atoms with Crippen LogP contribution in [0.2, 0.25) is 5.02 Å². The van der Waals surface area contributed by atoms with Gasteiger partial charge in [-0.15, -0.1) is 0 Å². The van der Waals surface area contributed by atoms with Crippen LogP contribution in [-0.4, -0.2) is 54.4 Å². The summed E-state index contributed by atoms with van der Waals surface area (Å²) in [6.45, 7) is 7.60. The fourth-order valence-corrected chi connectivity index (χ4v) is 5.23. The van der Waals surface area contributed by atoms with Gasteiger partial charge in [0.05, 0.1) is 5.69 Å². The number of hydrogen-bond acceptors (Lipinski definition) is 5. The number of benzene rings is 1. The van der Waals surface area contributed by atoms with Crippen LogP contribution in [0.25, 0.3) is 0 Å². The number of nitrogens with zero attached hydrogens (tertiary/aromatic N) is 4. The Kier molecular flexibility index (Phi) is 5.79. The molecule has 2 fully saturated rings. The molecule has 0 spiro atoms. The van der Waals surface area contributed by atoms with Crippen LogP contribution in [0.3, 0.4) is 0 Å². The number of aromatic nitrogens is 1. The van der Waals surface area contributed by atoms with E-state index in [9.17, 15) is 9.59 Å². The Morgan fingerprint density at radius 1 is 1.17 bits per heavy atom. The largest absolute Gasteiger partial charge is 0.368 e. The van der Waals surface area contributed by atoms with E-state index in [1.165, 1.54) is 11.3 Å². The van der Waals surface area contributed by atoms with E-state index in [1.54, 1.807) is 4.90 Å². The van der Waals surface area contributed by atoms with Gasteiger partial charge in [0, 0.05) is 49.9 Å². The molecule has 2 aliphatic heterocycles. The minimum absolute atomic E-state index is 0.0230. The molecule has 2 aromatic rings. The molecule has 2 aliphatic rings. The summed E-state index contributed by atoms with van der Waals surface area (Å²) >= 11 is 7.47. The zero-order valence-corrected chi connectivity index (χ0v) is 18.3. The lowest BCUT2D eigenvalue weighted by atomic mass is 10.1. The summed E-state index contributed by atoms with van der Waals surface area (Å²) in [6.07, 6.45) is 1.41. The van der Waals surface area contributed by atoms with Crippen molar-refractivity contribution < 1.29 is 9.59 Å². The normalized spacial score (nSPS) is 17.5. The van der Waals surface area contributed by atoms with Crippen LogP contribution < -0.4 is 9.80 Å². The first kappa shape index (κ1) is 20.2. The fourth-order valence-electron chi connectivity index (χ4n) is 3.81. The average molecular weight is 433 g/mol. The first-order valence-electron chi connectivity index (χ1n) is 10.0. The predicted octanol–water partition coefficient (Wildman–Crippen LogP) is 4.01. The van der Waals surface area contributed by atoms with Gasteiger partial charge in [-0.25, -0.2) is 4.98 Å². The average Bonchev–Trinajstić information content (AvgIpc) is 3.34. The van der Waals surface area contributed by atoms with Crippen LogP contribution in [0.4, 0.5) is 10.8 Å². The first-order chi connectivity index (χ1) is 13.9. The van der Waals surface area contributed by atoms with Crippen molar-refractivity contribution in [1.29, 1.82) is 0 Å². The van der Waals surface area contributed by atoms with Crippen LogP contribution in [0.15, 0.2) is 24.3 Å². The smallest absolute Gasteiger partial charge is 0.266 e. The van der Waals surface area contributed by atoms with Crippen molar-refractivity contribution in [3.63, 3.8) is 0 Å². The number of hydrogen-bond donors (Lipinski definition) is 0. The molecule has 8 heteroatoms. The topological polar surface area (TPSA) is 56.8 Å². The molecular weight excluding hydrogens is 408 g/mol. The van der Waals surface area contributed by atoms with Gasteiger partial charge in [0.25, 0.3) is 5.91 Å². The molecule has 0 unspecified atom stereocenters.